The van der Waals surface area contributed by atoms with Crippen LogP contribution in [-0.4, -0.2) is 22.6 Å². The van der Waals surface area contributed by atoms with E-state index in [4.69, 9.17) is 9.47 Å². The molecule has 1 N–H and O–H groups in total. The summed E-state index contributed by atoms with van der Waals surface area (Å²) in [6.07, 6.45) is -4.59. The van der Waals surface area contributed by atoms with Crippen LogP contribution in [0.15, 0.2) is 45.8 Å². The zero-order valence-corrected chi connectivity index (χ0v) is 15.4. The van der Waals surface area contributed by atoms with E-state index in [0.717, 1.165) is 12.1 Å². The molecular formula is C15H13BrF3NO4S. The molecule has 0 fully saturated rings. The second-order valence-corrected chi connectivity index (χ2v) is 7.35. The lowest BCUT2D eigenvalue weighted by molar-refractivity contribution is -0.137. The first kappa shape index (κ1) is 19.4. The Bertz CT molecular complexity index is 885. The predicted octanol–water partition coefficient (Wildman–Crippen LogP) is 4.29. The lowest BCUT2D eigenvalue weighted by Crippen LogP contribution is -2.14. The Morgan fingerprint density at radius 1 is 1.00 bits per heavy atom. The van der Waals surface area contributed by atoms with Crippen molar-refractivity contribution in [2.24, 2.45) is 0 Å². The van der Waals surface area contributed by atoms with Crippen molar-refractivity contribution < 1.29 is 31.1 Å². The van der Waals surface area contributed by atoms with Gasteiger partial charge in [-0.25, -0.2) is 8.42 Å². The zero-order chi connectivity index (χ0) is 18.8. The van der Waals surface area contributed by atoms with Crippen molar-refractivity contribution in [3.05, 3.63) is 46.4 Å². The molecule has 0 aliphatic heterocycles. The molecule has 0 heterocycles. The number of alkyl halides is 3. The van der Waals surface area contributed by atoms with Gasteiger partial charge in [0.15, 0.2) is 11.5 Å². The molecule has 0 saturated carbocycles. The van der Waals surface area contributed by atoms with Crippen LogP contribution in [0, 0.1) is 0 Å². The summed E-state index contributed by atoms with van der Waals surface area (Å²) in [5.41, 5.74) is -1.20. The first-order chi connectivity index (χ1) is 11.6. The minimum absolute atomic E-state index is 0.171. The standard InChI is InChI=1S/C15H13BrF3NO4S/c1-23-13-6-4-10(8-14(13)24-2)25(21,22)20-12-7-9(15(17,18)19)3-5-11(12)16/h3-8,20H,1-2H3. The van der Waals surface area contributed by atoms with Crippen molar-refractivity contribution >= 4 is 31.6 Å². The van der Waals surface area contributed by atoms with Crippen molar-refractivity contribution in [2.75, 3.05) is 18.9 Å². The molecule has 0 spiro atoms. The summed E-state index contributed by atoms with van der Waals surface area (Å²) in [6, 6.07) is 6.53. The Hall–Kier alpha value is -1.94. The molecule has 0 unspecified atom stereocenters. The number of ether oxygens (including phenoxy) is 2. The van der Waals surface area contributed by atoms with Gasteiger partial charge in [-0.15, -0.1) is 0 Å². The van der Waals surface area contributed by atoms with Gasteiger partial charge < -0.3 is 9.47 Å². The molecule has 0 atom stereocenters. The average molecular weight is 440 g/mol. The van der Waals surface area contributed by atoms with Gasteiger partial charge >= 0.3 is 6.18 Å². The number of anilines is 1. The fourth-order valence-corrected chi connectivity index (χ4v) is 3.53. The van der Waals surface area contributed by atoms with Crippen molar-refractivity contribution in [3.63, 3.8) is 0 Å². The van der Waals surface area contributed by atoms with Crippen LogP contribution in [-0.2, 0) is 16.2 Å². The number of sulfonamides is 1. The molecule has 0 aliphatic rings. The predicted molar refractivity (Wildman–Crippen MR) is 89.5 cm³/mol. The molecular weight excluding hydrogens is 427 g/mol. The molecule has 0 aromatic heterocycles. The van der Waals surface area contributed by atoms with Gasteiger partial charge in [0.1, 0.15) is 0 Å². The van der Waals surface area contributed by atoms with E-state index in [1.165, 1.54) is 32.4 Å². The number of methoxy groups -OCH3 is 2. The normalized spacial score (nSPS) is 11.9. The summed E-state index contributed by atoms with van der Waals surface area (Å²) >= 11 is 3.03. The van der Waals surface area contributed by atoms with Crippen molar-refractivity contribution in [1.29, 1.82) is 0 Å². The lowest BCUT2D eigenvalue weighted by Gasteiger charge is -2.14. The Balaban J connectivity index is 2.43. The first-order valence-electron chi connectivity index (χ1n) is 6.70. The Labute approximate surface area is 150 Å². The Morgan fingerprint density at radius 3 is 2.20 bits per heavy atom. The molecule has 0 radical (unpaired) electrons. The largest absolute Gasteiger partial charge is 0.493 e. The summed E-state index contributed by atoms with van der Waals surface area (Å²) in [5, 5.41) is 0. The summed E-state index contributed by atoms with van der Waals surface area (Å²) < 4.78 is 75.7. The van der Waals surface area contributed by atoms with Crippen molar-refractivity contribution in [1.82, 2.24) is 0 Å². The maximum Gasteiger partial charge on any atom is 0.416 e. The second kappa shape index (κ2) is 7.12. The molecule has 25 heavy (non-hydrogen) atoms. The van der Waals surface area contributed by atoms with Gasteiger partial charge in [-0.05, 0) is 46.3 Å². The van der Waals surface area contributed by atoms with Crippen LogP contribution < -0.4 is 14.2 Å². The number of nitrogens with one attached hydrogen (secondary N) is 1. The van der Waals surface area contributed by atoms with Crippen LogP contribution in [0.3, 0.4) is 0 Å². The maximum atomic E-state index is 12.8. The molecule has 2 aromatic rings. The van der Waals surface area contributed by atoms with E-state index in [1.54, 1.807) is 0 Å². The third-order valence-electron chi connectivity index (χ3n) is 3.20. The van der Waals surface area contributed by atoms with Gasteiger partial charge in [0.25, 0.3) is 10.0 Å². The van der Waals surface area contributed by atoms with E-state index in [1.807, 2.05) is 0 Å². The van der Waals surface area contributed by atoms with Crippen LogP contribution in [0.25, 0.3) is 0 Å². The Kier molecular flexibility index (Phi) is 5.52. The number of hydrogen-bond acceptors (Lipinski definition) is 4. The summed E-state index contributed by atoms with van der Waals surface area (Å²) in [5.74, 6) is 0.496. The van der Waals surface area contributed by atoms with Gasteiger partial charge in [0.2, 0.25) is 0 Å². The minimum Gasteiger partial charge on any atom is -0.493 e. The smallest absolute Gasteiger partial charge is 0.416 e. The first-order valence-corrected chi connectivity index (χ1v) is 8.97. The molecule has 2 rings (SSSR count). The summed E-state index contributed by atoms with van der Waals surface area (Å²) in [7, 11) is -1.41. The van der Waals surface area contributed by atoms with Gasteiger partial charge in [0, 0.05) is 10.5 Å². The molecule has 0 aliphatic carbocycles. The third-order valence-corrected chi connectivity index (χ3v) is 5.26. The van der Waals surface area contributed by atoms with E-state index in [9.17, 15) is 21.6 Å². The lowest BCUT2D eigenvalue weighted by atomic mass is 10.2. The highest BCUT2D eigenvalue weighted by Crippen LogP contribution is 2.35. The molecule has 0 saturated heterocycles. The SMILES string of the molecule is COc1ccc(S(=O)(=O)Nc2cc(C(F)(F)F)ccc2Br)cc1OC. The molecule has 2 aromatic carbocycles. The maximum absolute atomic E-state index is 12.8. The molecule has 0 amide bonds. The van der Waals surface area contributed by atoms with E-state index < -0.39 is 21.8 Å². The van der Waals surface area contributed by atoms with Crippen LogP contribution in [0.4, 0.5) is 18.9 Å². The molecule has 10 heteroatoms. The third kappa shape index (κ3) is 4.37. The van der Waals surface area contributed by atoms with Gasteiger partial charge in [-0.3, -0.25) is 4.72 Å². The molecule has 5 nitrogen and oxygen atoms in total. The number of rotatable bonds is 5. The fourth-order valence-electron chi connectivity index (χ4n) is 1.97. The van der Waals surface area contributed by atoms with E-state index >= 15 is 0 Å². The van der Waals surface area contributed by atoms with Crippen molar-refractivity contribution in [3.8, 4) is 11.5 Å². The van der Waals surface area contributed by atoms with Gasteiger partial charge in [-0.1, -0.05) is 0 Å². The van der Waals surface area contributed by atoms with Gasteiger partial charge in [0.05, 0.1) is 30.4 Å². The highest BCUT2D eigenvalue weighted by atomic mass is 79.9. The summed E-state index contributed by atoms with van der Waals surface area (Å²) in [4.78, 5) is -0.186. The van der Waals surface area contributed by atoms with E-state index in [0.29, 0.717) is 11.8 Å². The average Bonchev–Trinajstić information content (AvgIpc) is 2.54. The molecule has 136 valence electrons. The van der Waals surface area contributed by atoms with Gasteiger partial charge in [-0.2, -0.15) is 13.2 Å². The fraction of sp³-hybridized carbons (Fsp3) is 0.200. The quantitative estimate of drug-likeness (QED) is 0.754. The van der Waals surface area contributed by atoms with E-state index in [2.05, 4.69) is 20.7 Å². The summed E-state index contributed by atoms with van der Waals surface area (Å²) in [6.45, 7) is 0. The highest BCUT2D eigenvalue weighted by molar-refractivity contribution is 9.10. The Morgan fingerprint density at radius 2 is 1.64 bits per heavy atom. The zero-order valence-electron chi connectivity index (χ0n) is 13.0. The number of benzene rings is 2. The minimum atomic E-state index is -4.59. The topological polar surface area (TPSA) is 64.6 Å². The molecule has 0 bridgehead atoms. The second-order valence-electron chi connectivity index (χ2n) is 4.81. The van der Waals surface area contributed by atoms with Crippen LogP contribution >= 0.6 is 15.9 Å². The van der Waals surface area contributed by atoms with Crippen LogP contribution in [0.5, 0.6) is 11.5 Å². The van der Waals surface area contributed by atoms with Crippen molar-refractivity contribution in [2.45, 2.75) is 11.1 Å². The number of hydrogen-bond donors (Lipinski definition) is 1. The number of halogens is 4. The highest BCUT2D eigenvalue weighted by Gasteiger charge is 2.31. The van der Waals surface area contributed by atoms with E-state index in [-0.39, 0.29) is 20.8 Å². The van der Waals surface area contributed by atoms with Crippen LogP contribution in [0.1, 0.15) is 5.56 Å². The van der Waals surface area contributed by atoms with Crippen LogP contribution in [0.2, 0.25) is 0 Å². The monoisotopic (exact) mass is 439 g/mol.